The Morgan fingerprint density at radius 2 is 1.74 bits per heavy atom. The standard InChI is InChI=1S/C29H39N3O6S/c1-3-25(29(34)30-23-12-7-8-13-23)31(19-17-22-10-5-4-6-11-22)28(33)14-9-18-32(39(2,35)36)24-15-16-26-27(20-24)38-21-37-26/h4-6,10-11,15-16,20,23,25H,3,7-9,12-14,17-19,21H2,1-2H3,(H,30,34). The van der Waals surface area contributed by atoms with E-state index in [4.69, 9.17) is 9.47 Å². The number of sulfonamides is 1. The number of hydrogen-bond donors (Lipinski definition) is 1. The summed E-state index contributed by atoms with van der Waals surface area (Å²) in [5.41, 5.74) is 1.55. The molecule has 4 rings (SSSR count). The third kappa shape index (κ3) is 7.65. The second kappa shape index (κ2) is 13.2. The molecular weight excluding hydrogens is 518 g/mol. The maximum absolute atomic E-state index is 13.6. The van der Waals surface area contributed by atoms with Crippen molar-refractivity contribution in [2.24, 2.45) is 0 Å². The molecule has 0 radical (unpaired) electrons. The highest BCUT2D eigenvalue weighted by atomic mass is 32.2. The van der Waals surface area contributed by atoms with E-state index in [1.807, 2.05) is 37.3 Å². The zero-order valence-corrected chi connectivity index (χ0v) is 23.6. The van der Waals surface area contributed by atoms with Gasteiger partial charge in [-0.3, -0.25) is 13.9 Å². The van der Waals surface area contributed by atoms with Crippen LogP contribution >= 0.6 is 0 Å². The third-order valence-corrected chi connectivity index (χ3v) is 8.56. The molecule has 1 atom stereocenters. The summed E-state index contributed by atoms with van der Waals surface area (Å²) in [4.78, 5) is 28.5. The van der Waals surface area contributed by atoms with Gasteiger partial charge < -0.3 is 19.7 Å². The number of amides is 2. The topological polar surface area (TPSA) is 105 Å². The predicted molar refractivity (Wildman–Crippen MR) is 150 cm³/mol. The molecule has 0 saturated heterocycles. The molecule has 1 aliphatic heterocycles. The summed E-state index contributed by atoms with van der Waals surface area (Å²) >= 11 is 0. The minimum atomic E-state index is -3.60. The van der Waals surface area contributed by atoms with Crippen LogP contribution in [0.5, 0.6) is 11.5 Å². The van der Waals surface area contributed by atoms with Gasteiger partial charge in [0.05, 0.1) is 11.9 Å². The Morgan fingerprint density at radius 1 is 1.03 bits per heavy atom. The lowest BCUT2D eigenvalue weighted by molar-refractivity contribution is -0.141. The first-order valence-corrected chi connectivity index (χ1v) is 15.6. The van der Waals surface area contributed by atoms with E-state index in [0.717, 1.165) is 37.5 Å². The zero-order valence-electron chi connectivity index (χ0n) is 22.8. The third-order valence-electron chi connectivity index (χ3n) is 7.37. The van der Waals surface area contributed by atoms with Gasteiger partial charge in [-0.15, -0.1) is 0 Å². The fourth-order valence-corrected chi connectivity index (χ4v) is 6.26. The summed E-state index contributed by atoms with van der Waals surface area (Å²) < 4.78 is 37.2. The molecule has 2 aliphatic rings. The Hall–Kier alpha value is -3.27. The van der Waals surface area contributed by atoms with Crippen molar-refractivity contribution in [2.45, 2.75) is 70.4 Å². The molecule has 0 bridgehead atoms. The molecule has 2 aromatic carbocycles. The number of nitrogens with zero attached hydrogens (tertiary/aromatic N) is 2. The van der Waals surface area contributed by atoms with Crippen LogP contribution in [-0.4, -0.2) is 63.4 Å². The Morgan fingerprint density at radius 3 is 2.44 bits per heavy atom. The number of rotatable bonds is 13. The van der Waals surface area contributed by atoms with E-state index < -0.39 is 16.1 Å². The second-order valence-corrected chi connectivity index (χ2v) is 12.1. The van der Waals surface area contributed by atoms with Crippen molar-refractivity contribution in [2.75, 3.05) is 30.4 Å². The van der Waals surface area contributed by atoms with Crippen molar-refractivity contribution in [1.29, 1.82) is 0 Å². The average molecular weight is 558 g/mol. The van der Waals surface area contributed by atoms with Gasteiger partial charge in [-0.1, -0.05) is 50.1 Å². The molecule has 0 aromatic heterocycles. The van der Waals surface area contributed by atoms with Crippen LogP contribution in [0, 0.1) is 0 Å². The van der Waals surface area contributed by atoms with E-state index in [1.54, 1.807) is 23.1 Å². The van der Waals surface area contributed by atoms with Crippen LogP contribution in [0.15, 0.2) is 48.5 Å². The Balaban J connectivity index is 1.44. The van der Waals surface area contributed by atoms with E-state index in [9.17, 15) is 18.0 Å². The van der Waals surface area contributed by atoms with Gasteiger partial charge in [-0.05, 0) is 49.8 Å². The maximum Gasteiger partial charge on any atom is 0.243 e. The average Bonchev–Trinajstić information content (AvgIpc) is 3.60. The van der Waals surface area contributed by atoms with Gasteiger partial charge in [-0.2, -0.15) is 0 Å². The van der Waals surface area contributed by atoms with Gasteiger partial charge in [0.15, 0.2) is 11.5 Å². The smallest absolute Gasteiger partial charge is 0.243 e. The van der Waals surface area contributed by atoms with E-state index >= 15 is 0 Å². The SMILES string of the molecule is CCC(C(=O)NC1CCCC1)N(CCc1ccccc1)C(=O)CCCN(c1ccc2c(c1)OCO2)S(C)(=O)=O. The van der Waals surface area contributed by atoms with Crippen LogP contribution in [0.4, 0.5) is 5.69 Å². The van der Waals surface area contributed by atoms with Crippen molar-refractivity contribution >= 4 is 27.5 Å². The summed E-state index contributed by atoms with van der Waals surface area (Å²) in [6.07, 6.45) is 6.88. The number of ether oxygens (including phenoxy) is 2. The molecule has 2 aromatic rings. The van der Waals surface area contributed by atoms with Crippen LogP contribution in [0.25, 0.3) is 0 Å². The van der Waals surface area contributed by atoms with Crippen LogP contribution in [0.2, 0.25) is 0 Å². The van der Waals surface area contributed by atoms with Crippen LogP contribution in [-0.2, 0) is 26.0 Å². The lowest BCUT2D eigenvalue weighted by Crippen LogP contribution is -2.52. The van der Waals surface area contributed by atoms with E-state index in [0.29, 0.717) is 43.0 Å². The van der Waals surface area contributed by atoms with E-state index in [-0.39, 0.29) is 37.6 Å². The number of carbonyl (C=O) groups is 2. The first kappa shape index (κ1) is 28.7. The molecule has 1 saturated carbocycles. The number of fused-ring (bicyclic) bond motifs is 1. The fourth-order valence-electron chi connectivity index (χ4n) is 5.31. The van der Waals surface area contributed by atoms with Crippen LogP contribution < -0.4 is 19.1 Å². The van der Waals surface area contributed by atoms with Gasteiger partial charge in [0, 0.05) is 31.6 Å². The highest BCUT2D eigenvalue weighted by molar-refractivity contribution is 7.92. The molecule has 1 fully saturated rings. The summed E-state index contributed by atoms with van der Waals surface area (Å²) in [6, 6.07) is 14.5. The number of anilines is 1. The van der Waals surface area contributed by atoms with E-state index in [2.05, 4.69) is 5.32 Å². The van der Waals surface area contributed by atoms with Gasteiger partial charge in [0.25, 0.3) is 0 Å². The number of carbonyl (C=O) groups excluding carboxylic acids is 2. The highest BCUT2D eigenvalue weighted by Gasteiger charge is 2.30. The summed E-state index contributed by atoms with van der Waals surface area (Å²) in [7, 11) is -3.60. The molecule has 9 nitrogen and oxygen atoms in total. The molecule has 1 unspecified atom stereocenters. The normalized spacial score (nSPS) is 15.6. The summed E-state index contributed by atoms with van der Waals surface area (Å²) in [5.74, 6) is 0.795. The van der Waals surface area contributed by atoms with Gasteiger partial charge in [0.1, 0.15) is 6.04 Å². The molecule has 1 N–H and O–H groups in total. The number of nitrogens with one attached hydrogen (secondary N) is 1. The molecular formula is C29H39N3O6S. The van der Waals surface area contributed by atoms with Crippen LogP contribution in [0.1, 0.15) is 57.4 Å². The minimum Gasteiger partial charge on any atom is -0.454 e. The summed E-state index contributed by atoms with van der Waals surface area (Å²) in [6.45, 7) is 2.56. The Kier molecular flexibility index (Phi) is 9.72. The van der Waals surface area contributed by atoms with Crippen molar-refractivity contribution < 1.29 is 27.5 Å². The molecule has 212 valence electrons. The number of hydrogen-bond acceptors (Lipinski definition) is 6. The van der Waals surface area contributed by atoms with Gasteiger partial charge >= 0.3 is 0 Å². The zero-order chi connectivity index (χ0) is 27.8. The van der Waals surface area contributed by atoms with E-state index in [1.165, 1.54) is 4.31 Å². The molecule has 1 aliphatic carbocycles. The predicted octanol–water partition coefficient (Wildman–Crippen LogP) is 3.87. The second-order valence-electron chi connectivity index (χ2n) is 10.2. The number of benzene rings is 2. The lowest BCUT2D eigenvalue weighted by Gasteiger charge is -2.32. The monoisotopic (exact) mass is 557 g/mol. The molecule has 10 heteroatoms. The van der Waals surface area contributed by atoms with Crippen molar-refractivity contribution in [1.82, 2.24) is 10.2 Å². The molecule has 0 spiro atoms. The largest absolute Gasteiger partial charge is 0.454 e. The van der Waals surface area contributed by atoms with Crippen molar-refractivity contribution in [3.8, 4) is 11.5 Å². The molecule has 1 heterocycles. The summed E-state index contributed by atoms with van der Waals surface area (Å²) in [5, 5.41) is 3.16. The molecule has 2 amide bonds. The minimum absolute atomic E-state index is 0.0951. The maximum atomic E-state index is 13.6. The molecule has 39 heavy (non-hydrogen) atoms. The lowest BCUT2D eigenvalue weighted by atomic mass is 10.1. The van der Waals surface area contributed by atoms with Gasteiger partial charge in [-0.25, -0.2) is 8.42 Å². The highest BCUT2D eigenvalue weighted by Crippen LogP contribution is 2.36. The fraction of sp³-hybridized carbons (Fsp3) is 0.517. The van der Waals surface area contributed by atoms with Crippen molar-refractivity contribution in [3.05, 3.63) is 54.1 Å². The first-order valence-electron chi connectivity index (χ1n) is 13.8. The van der Waals surface area contributed by atoms with Gasteiger partial charge in [0.2, 0.25) is 28.6 Å². The van der Waals surface area contributed by atoms with Crippen molar-refractivity contribution in [3.63, 3.8) is 0 Å². The Labute approximate surface area is 231 Å². The first-order chi connectivity index (χ1) is 18.8. The van der Waals surface area contributed by atoms with Crippen LogP contribution in [0.3, 0.4) is 0 Å². The Bertz CT molecular complexity index is 1230. The quantitative estimate of drug-likeness (QED) is 0.401.